The Morgan fingerprint density at radius 3 is 2.61 bits per heavy atom. The first kappa shape index (κ1) is 18.9. The number of benzene rings is 2. The first-order valence-electron chi connectivity index (χ1n) is 10.3. The van der Waals surface area contributed by atoms with Crippen molar-refractivity contribution in [3.05, 3.63) is 60.2 Å². The molecule has 2 aromatic carbocycles. The molecule has 0 bridgehead atoms. The zero-order valence-corrected chi connectivity index (χ0v) is 17.0. The number of nitrogens with one attached hydrogen (secondary N) is 1. The second-order valence-corrected chi connectivity index (χ2v) is 7.87. The predicted molar refractivity (Wildman–Crippen MR) is 119 cm³/mol. The van der Waals surface area contributed by atoms with Gasteiger partial charge < -0.3 is 15.1 Å². The third kappa shape index (κ3) is 4.51. The van der Waals surface area contributed by atoms with Gasteiger partial charge in [0.15, 0.2) is 0 Å². The van der Waals surface area contributed by atoms with Gasteiger partial charge in [-0.3, -0.25) is 0 Å². The summed E-state index contributed by atoms with van der Waals surface area (Å²) in [4.78, 5) is 9.88. The molecule has 0 spiro atoms. The standard InChI is InChI=1S/C24H30N4/c1-19-7-5-8-20(17-19)23-18-24(21-9-3-4-10-22(21)26-23)25-11-6-12-28-15-13-27(2)14-16-28/h3-5,7-10,17-18H,6,11-16H2,1-2H3,(H,25,26). The van der Waals surface area contributed by atoms with E-state index in [2.05, 4.69) is 83.7 Å². The summed E-state index contributed by atoms with van der Waals surface area (Å²) in [5, 5.41) is 4.88. The van der Waals surface area contributed by atoms with Crippen molar-refractivity contribution in [3.63, 3.8) is 0 Å². The normalized spacial score (nSPS) is 15.8. The first-order chi connectivity index (χ1) is 13.7. The molecule has 0 aliphatic carbocycles. The van der Waals surface area contributed by atoms with Gasteiger partial charge in [0, 0.05) is 49.4 Å². The number of aryl methyl sites for hydroxylation is 1. The lowest BCUT2D eigenvalue weighted by Crippen LogP contribution is -2.44. The fourth-order valence-corrected chi connectivity index (χ4v) is 3.87. The smallest absolute Gasteiger partial charge is 0.0730 e. The van der Waals surface area contributed by atoms with E-state index in [0.717, 1.165) is 30.7 Å². The highest BCUT2D eigenvalue weighted by atomic mass is 15.2. The van der Waals surface area contributed by atoms with Gasteiger partial charge in [-0.05, 0) is 45.1 Å². The van der Waals surface area contributed by atoms with Crippen LogP contribution in [0.15, 0.2) is 54.6 Å². The van der Waals surface area contributed by atoms with Crippen LogP contribution in [-0.4, -0.2) is 61.1 Å². The van der Waals surface area contributed by atoms with E-state index < -0.39 is 0 Å². The van der Waals surface area contributed by atoms with Gasteiger partial charge in [-0.2, -0.15) is 0 Å². The summed E-state index contributed by atoms with van der Waals surface area (Å²) < 4.78 is 0. The highest BCUT2D eigenvalue weighted by molar-refractivity contribution is 5.93. The maximum absolute atomic E-state index is 4.90. The van der Waals surface area contributed by atoms with E-state index in [4.69, 9.17) is 4.98 Å². The molecule has 146 valence electrons. The zero-order valence-electron chi connectivity index (χ0n) is 17.0. The van der Waals surface area contributed by atoms with E-state index >= 15 is 0 Å². The molecule has 2 heterocycles. The molecule has 28 heavy (non-hydrogen) atoms. The first-order valence-corrected chi connectivity index (χ1v) is 10.3. The number of para-hydroxylation sites is 1. The van der Waals surface area contributed by atoms with Crippen molar-refractivity contribution in [2.24, 2.45) is 0 Å². The minimum absolute atomic E-state index is 0.980. The van der Waals surface area contributed by atoms with Gasteiger partial charge in [-0.25, -0.2) is 4.98 Å². The van der Waals surface area contributed by atoms with Crippen molar-refractivity contribution in [3.8, 4) is 11.3 Å². The van der Waals surface area contributed by atoms with Gasteiger partial charge in [0.2, 0.25) is 0 Å². The summed E-state index contributed by atoms with van der Waals surface area (Å²) in [6.45, 7) is 9.01. The van der Waals surface area contributed by atoms with Crippen LogP contribution in [0.3, 0.4) is 0 Å². The third-order valence-electron chi connectivity index (χ3n) is 5.59. The molecule has 4 nitrogen and oxygen atoms in total. The van der Waals surface area contributed by atoms with Crippen molar-refractivity contribution in [1.82, 2.24) is 14.8 Å². The summed E-state index contributed by atoms with van der Waals surface area (Å²) >= 11 is 0. The second kappa shape index (κ2) is 8.72. The predicted octanol–water partition coefficient (Wildman–Crippen LogP) is 4.26. The summed E-state index contributed by atoms with van der Waals surface area (Å²) in [7, 11) is 2.21. The molecule has 0 unspecified atom stereocenters. The fraction of sp³-hybridized carbons (Fsp3) is 0.375. The van der Waals surface area contributed by atoms with Crippen molar-refractivity contribution in [2.45, 2.75) is 13.3 Å². The molecule has 0 saturated carbocycles. The molecule has 4 heteroatoms. The molecule has 1 N–H and O–H groups in total. The molecule has 1 aromatic heterocycles. The van der Waals surface area contributed by atoms with Crippen LogP contribution in [0, 0.1) is 6.92 Å². The molecule has 0 radical (unpaired) electrons. The maximum atomic E-state index is 4.90. The lowest BCUT2D eigenvalue weighted by atomic mass is 10.1. The van der Waals surface area contributed by atoms with Crippen molar-refractivity contribution < 1.29 is 0 Å². The molecule has 1 aliphatic rings. The number of anilines is 1. The van der Waals surface area contributed by atoms with E-state index in [1.165, 1.54) is 48.4 Å². The molecular formula is C24H30N4. The molecule has 1 fully saturated rings. The minimum atomic E-state index is 0.980. The fourth-order valence-electron chi connectivity index (χ4n) is 3.87. The Labute approximate surface area is 168 Å². The van der Waals surface area contributed by atoms with E-state index in [1.54, 1.807) is 0 Å². The van der Waals surface area contributed by atoms with Crippen LogP contribution in [0.2, 0.25) is 0 Å². The SMILES string of the molecule is Cc1cccc(-c2cc(NCCCN3CCN(C)CC3)c3ccccc3n2)c1. The number of hydrogen-bond acceptors (Lipinski definition) is 4. The number of aromatic nitrogens is 1. The molecule has 1 aliphatic heterocycles. The van der Waals surface area contributed by atoms with Gasteiger partial charge in [-0.15, -0.1) is 0 Å². The Hall–Kier alpha value is -2.43. The largest absolute Gasteiger partial charge is 0.384 e. The number of pyridine rings is 1. The molecule has 1 saturated heterocycles. The van der Waals surface area contributed by atoms with Gasteiger partial charge in [-0.1, -0.05) is 42.0 Å². The van der Waals surface area contributed by atoms with Gasteiger partial charge in [0.05, 0.1) is 11.2 Å². The summed E-state index contributed by atoms with van der Waals surface area (Å²) in [5.41, 5.74) is 5.69. The Morgan fingerprint density at radius 1 is 0.964 bits per heavy atom. The van der Waals surface area contributed by atoms with Gasteiger partial charge in [0.1, 0.15) is 0 Å². The number of piperazine rings is 1. The van der Waals surface area contributed by atoms with Crippen LogP contribution in [0.25, 0.3) is 22.2 Å². The van der Waals surface area contributed by atoms with E-state index in [1.807, 2.05) is 0 Å². The average molecular weight is 375 g/mol. The number of rotatable bonds is 6. The topological polar surface area (TPSA) is 31.4 Å². The van der Waals surface area contributed by atoms with Crippen LogP contribution >= 0.6 is 0 Å². The van der Waals surface area contributed by atoms with E-state index in [0.29, 0.717) is 0 Å². The lowest BCUT2D eigenvalue weighted by molar-refractivity contribution is 0.154. The molecule has 0 atom stereocenters. The van der Waals surface area contributed by atoms with Gasteiger partial charge in [0.25, 0.3) is 0 Å². The number of nitrogens with zero attached hydrogens (tertiary/aromatic N) is 3. The van der Waals surface area contributed by atoms with Crippen LogP contribution in [0.1, 0.15) is 12.0 Å². The zero-order chi connectivity index (χ0) is 19.3. The highest BCUT2D eigenvalue weighted by Crippen LogP contribution is 2.28. The van der Waals surface area contributed by atoms with Crippen molar-refractivity contribution >= 4 is 16.6 Å². The minimum Gasteiger partial charge on any atom is -0.384 e. The monoisotopic (exact) mass is 374 g/mol. The average Bonchev–Trinajstić information content (AvgIpc) is 2.72. The molecule has 3 aromatic rings. The summed E-state index contributed by atoms with van der Waals surface area (Å²) in [6, 6.07) is 19.2. The Bertz CT molecular complexity index is 929. The Morgan fingerprint density at radius 2 is 1.79 bits per heavy atom. The Kier molecular flexibility index (Phi) is 5.89. The summed E-state index contributed by atoms with van der Waals surface area (Å²) in [6.07, 6.45) is 1.15. The van der Waals surface area contributed by atoms with Crippen molar-refractivity contribution in [1.29, 1.82) is 0 Å². The van der Waals surface area contributed by atoms with E-state index in [-0.39, 0.29) is 0 Å². The molecule has 4 rings (SSSR count). The lowest BCUT2D eigenvalue weighted by Gasteiger charge is -2.32. The number of hydrogen-bond donors (Lipinski definition) is 1. The third-order valence-corrected chi connectivity index (χ3v) is 5.59. The van der Waals surface area contributed by atoms with Crippen molar-refractivity contribution in [2.75, 3.05) is 51.6 Å². The molecule has 0 amide bonds. The molecular weight excluding hydrogens is 344 g/mol. The van der Waals surface area contributed by atoms with Crippen LogP contribution in [0.5, 0.6) is 0 Å². The van der Waals surface area contributed by atoms with Crippen LogP contribution < -0.4 is 5.32 Å². The number of fused-ring (bicyclic) bond motifs is 1. The van der Waals surface area contributed by atoms with Gasteiger partial charge >= 0.3 is 0 Å². The van der Waals surface area contributed by atoms with E-state index in [9.17, 15) is 0 Å². The van der Waals surface area contributed by atoms with Crippen LogP contribution in [-0.2, 0) is 0 Å². The summed E-state index contributed by atoms with van der Waals surface area (Å²) in [5.74, 6) is 0. The maximum Gasteiger partial charge on any atom is 0.0730 e. The second-order valence-electron chi connectivity index (χ2n) is 7.87. The highest BCUT2D eigenvalue weighted by Gasteiger charge is 2.13. The van der Waals surface area contributed by atoms with Crippen LogP contribution in [0.4, 0.5) is 5.69 Å². The number of likely N-dealkylation sites (N-methyl/N-ethyl adjacent to an activating group) is 1. The quantitative estimate of drug-likeness (QED) is 0.653. The Balaban J connectivity index is 1.48.